The molecule has 148 valence electrons. The third-order valence-electron chi connectivity index (χ3n) is 4.38. The Morgan fingerprint density at radius 2 is 1.96 bits per heavy atom. The van der Waals surface area contributed by atoms with Crippen LogP contribution in [0.4, 0.5) is 0 Å². The minimum absolute atomic E-state index is 0.228. The summed E-state index contributed by atoms with van der Waals surface area (Å²) in [6, 6.07) is 7.84. The topological polar surface area (TPSA) is 66.5 Å². The summed E-state index contributed by atoms with van der Waals surface area (Å²) < 4.78 is 9.44. The van der Waals surface area contributed by atoms with Gasteiger partial charge in [0.15, 0.2) is 6.61 Å². The lowest BCUT2D eigenvalue weighted by Crippen LogP contribution is -2.00. The Balaban J connectivity index is 1.74. The van der Waals surface area contributed by atoms with Crippen LogP contribution in [0, 0.1) is 13.8 Å². The minimum atomic E-state index is 0.228. The van der Waals surface area contributed by atoms with Gasteiger partial charge in [-0.3, -0.25) is 4.68 Å². The number of benzene rings is 1. The molecule has 1 aromatic carbocycles. The fourth-order valence-corrected chi connectivity index (χ4v) is 3.23. The van der Waals surface area contributed by atoms with E-state index in [0.29, 0.717) is 10.9 Å². The third-order valence-corrected chi connectivity index (χ3v) is 4.82. The van der Waals surface area contributed by atoms with Gasteiger partial charge in [0.1, 0.15) is 5.75 Å². The van der Waals surface area contributed by atoms with Gasteiger partial charge in [-0.15, -0.1) is 0 Å². The molecule has 0 saturated heterocycles. The Kier molecular flexibility index (Phi) is 6.04. The molecule has 0 aliphatic carbocycles. The molecular formula is C20H24ClN5O2. The van der Waals surface area contributed by atoms with Gasteiger partial charge in [0.05, 0.1) is 33.9 Å². The van der Waals surface area contributed by atoms with Crippen LogP contribution in [0.2, 0.25) is 5.02 Å². The molecule has 0 fully saturated rings. The Morgan fingerprint density at radius 3 is 2.64 bits per heavy atom. The van der Waals surface area contributed by atoms with E-state index in [1.165, 1.54) is 0 Å². The predicted octanol–water partition coefficient (Wildman–Crippen LogP) is 4.33. The van der Waals surface area contributed by atoms with Gasteiger partial charge in [-0.25, -0.2) is 4.68 Å². The number of rotatable bonds is 7. The summed E-state index contributed by atoms with van der Waals surface area (Å²) in [6.07, 6.45) is 2.38. The standard InChI is InChI=1S/C20H24ClN5O2/c1-6-17-19(21)18(25(4)24-17)12-27-22-11-16-14(3)23-26(5)20(16)28-15-9-7-8-13(2)10-15/h7-11H,6,12H2,1-5H3/b22-11+. The molecule has 0 atom stereocenters. The number of nitrogens with zero attached hydrogens (tertiary/aromatic N) is 5. The lowest BCUT2D eigenvalue weighted by molar-refractivity contribution is 0.126. The first-order chi connectivity index (χ1) is 13.4. The van der Waals surface area contributed by atoms with Crippen molar-refractivity contribution in [1.29, 1.82) is 0 Å². The summed E-state index contributed by atoms with van der Waals surface area (Å²) in [7, 11) is 3.67. The molecule has 3 aromatic rings. The van der Waals surface area contributed by atoms with Crippen LogP contribution < -0.4 is 4.74 Å². The third kappa shape index (κ3) is 4.20. The molecule has 28 heavy (non-hydrogen) atoms. The Bertz CT molecular complexity index is 1010. The highest BCUT2D eigenvalue weighted by Gasteiger charge is 2.15. The van der Waals surface area contributed by atoms with E-state index in [1.54, 1.807) is 15.6 Å². The van der Waals surface area contributed by atoms with E-state index < -0.39 is 0 Å². The molecule has 0 aliphatic rings. The highest BCUT2D eigenvalue weighted by Crippen LogP contribution is 2.27. The maximum Gasteiger partial charge on any atom is 0.226 e. The molecule has 2 heterocycles. The normalized spacial score (nSPS) is 11.4. The van der Waals surface area contributed by atoms with Gasteiger partial charge in [-0.1, -0.05) is 35.8 Å². The monoisotopic (exact) mass is 401 g/mol. The molecule has 0 unspecified atom stereocenters. The zero-order valence-corrected chi connectivity index (χ0v) is 17.5. The number of halogens is 1. The van der Waals surface area contributed by atoms with Gasteiger partial charge in [0, 0.05) is 14.1 Å². The van der Waals surface area contributed by atoms with E-state index in [-0.39, 0.29) is 6.61 Å². The van der Waals surface area contributed by atoms with E-state index in [4.69, 9.17) is 21.2 Å². The highest BCUT2D eigenvalue weighted by atomic mass is 35.5. The molecule has 0 amide bonds. The maximum atomic E-state index is 6.33. The SMILES string of the molecule is CCc1nn(C)c(CO/N=C/c2c(C)nn(C)c2Oc2cccc(C)c2)c1Cl. The predicted molar refractivity (Wildman–Crippen MR) is 109 cm³/mol. The molecule has 0 saturated carbocycles. The van der Waals surface area contributed by atoms with Crippen molar-refractivity contribution < 1.29 is 9.57 Å². The van der Waals surface area contributed by atoms with Crippen molar-refractivity contribution in [1.82, 2.24) is 19.6 Å². The van der Waals surface area contributed by atoms with E-state index >= 15 is 0 Å². The van der Waals surface area contributed by atoms with Crippen LogP contribution in [0.15, 0.2) is 29.4 Å². The quantitative estimate of drug-likeness (QED) is 0.436. The van der Waals surface area contributed by atoms with Crippen molar-refractivity contribution in [3.8, 4) is 11.6 Å². The van der Waals surface area contributed by atoms with Crippen LogP contribution in [0.5, 0.6) is 11.6 Å². The number of hydrogen-bond donors (Lipinski definition) is 0. The summed E-state index contributed by atoms with van der Waals surface area (Å²) >= 11 is 6.33. The van der Waals surface area contributed by atoms with Crippen molar-refractivity contribution in [3.63, 3.8) is 0 Å². The second kappa shape index (κ2) is 8.48. The average molecular weight is 402 g/mol. The number of aromatic nitrogens is 4. The fourth-order valence-electron chi connectivity index (χ4n) is 2.88. The lowest BCUT2D eigenvalue weighted by Gasteiger charge is -2.07. The molecule has 3 rings (SSSR count). The average Bonchev–Trinajstić information content (AvgIpc) is 3.08. The summed E-state index contributed by atoms with van der Waals surface area (Å²) in [6.45, 7) is 6.16. The second-order valence-electron chi connectivity index (χ2n) is 6.54. The van der Waals surface area contributed by atoms with Gasteiger partial charge in [-0.05, 0) is 38.0 Å². The van der Waals surface area contributed by atoms with Crippen LogP contribution >= 0.6 is 11.6 Å². The van der Waals surface area contributed by atoms with E-state index in [1.807, 2.05) is 59.1 Å². The van der Waals surface area contributed by atoms with Crippen molar-refractivity contribution in [2.75, 3.05) is 0 Å². The molecule has 0 spiro atoms. The largest absolute Gasteiger partial charge is 0.439 e. The van der Waals surface area contributed by atoms with Crippen molar-refractivity contribution in [2.45, 2.75) is 33.8 Å². The van der Waals surface area contributed by atoms with Gasteiger partial charge in [-0.2, -0.15) is 10.2 Å². The van der Waals surface area contributed by atoms with E-state index in [9.17, 15) is 0 Å². The zero-order chi connectivity index (χ0) is 20.3. The number of oxime groups is 1. The Hall–Kier alpha value is -2.80. The van der Waals surface area contributed by atoms with Gasteiger partial charge >= 0.3 is 0 Å². The van der Waals surface area contributed by atoms with Crippen molar-refractivity contribution in [2.24, 2.45) is 19.3 Å². The molecule has 0 N–H and O–H groups in total. The molecule has 8 heteroatoms. The first-order valence-corrected chi connectivity index (χ1v) is 9.42. The number of aryl methyl sites for hydroxylation is 5. The summed E-state index contributed by atoms with van der Waals surface area (Å²) in [5.74, 6) is 1.34. The Labute approximate surface area is 169 Å². The second-order valence-corrected chi connectivity index (χ2v) is 6.92. The van der Waals surface area contributed by atoms with Crippen LogP contribution in [0.25, 0.3) is 0 Å². The van der Waals surface area contributed by atoms with Crippen molar-refractivity contribution in [3.05, 3.63) is 57.5 Å². The van der Waals surface area contributed by atoms with Gasteiger partial charge in [0.25, 0.3) is 0 Å². The number of ether oxygens (including phenoxy) is 1. The molecule has 2 aromatic heterocycles. The molecule has 0 radical (unpaired) electrons. The summed E-state index contributed by atoms with van der Waals surface area (Å²) in [5.41, 5.74) is 4.31. The summed E-state index contributed by atoms with van der Waals surface area (Å²) in [4.78, 5) is 5.46. The van der Waals surface area contributed by atoms with Crippen LogP contribution in [-0.4, -0.2) is 25.8 Å². The molecule has 0 aliphatic heterocycles. The number of hydrogen-bond acceptors (Lipinski definition) is 5. The van der Waals surface area contributed by atoms with Crippen LogP contribution in [0.3, 0.4) is 0 Å². The smallest absolute Gasteiger partial charge is 0.226 e. The molecule has 0 bridgehead atoms. The first kappa shape index (κ1) is 19.9. The molecular weight excluding hydrogens is 378 g/mol. The van der Waals surface area contributed by atoms with E-state index in [2.05, 4.69) is 15.4 Å². The minimum Gasteiger partial charge on any atom is -0.439 e. The maximum absolute atomic E-state index is 6.33. The van der Waals surface area contributed by atoms with Gasteiger partial charge < -0.3 is 9.57 Å². The van der Waals surface area contributed by atoms with Crippen LogP contribution in [0.1, 0.15) is 35.1 Å². The van der Waals surface area contributed by atoms with E-state index in [0.717, 1.165) is 40.4 Å². The molecule has 7 nitrogen and oxygen atoms in total. The summed E-state index contributed by atoms with van der Waals surface area (Å²) in [5, 5.41) is 13.5. The van der Waals surface area contributed by atoms with Crippen LogP contribution in [-0.2, 0) is 32.0 Å². The highest BCUT2D eigenvalue weighted by molar-refractivity contribution is 6.31. The lowest BCUT2D eigenvalue weighted by atomic mass is 10.2. The van der Waals surface area contributed by atoms with Gasteiger partial charge in [0.2, 0.25) is 5.88 Å². The fraction of sp³-hybridized carbons (Fsp3) is 0.350. The first-order valence-electron chi connectivity index (χ1n) is 9.04. The zero-order valence-electron chi connectivity index (χ0n) is 16.7. The van der Waals surface area contributed by atoms with Crippen molar-refractivity contribution >= 4 is 17.8 Å². The Morgan fingerprint density at radius 1 is 1.18 bits per heavy atom.